The molecule has 0 aliphatic rings. The standard InChI is InChI=1S/C16H24O3/c1-5-12(3)14-7-9-15(10-8-14)18-11-13(4)19-16(17)6-2/h7-10,12-13H,5-6,11H2,1-4H3/t12-,13-/m1/s1. The van der Waals surface area contributed by atoms with Gasteiger partial charge < -0.3 is 9.47 Å². The molecule has 106 valence electrons. The quantitative estimate of drug-likeness (QED) is 0.700. The van der Waals surface area contributed by atoms with Crippen molar-refractivity contribution in [1.82, 2.24) is 0 Å². The molecular formula is C16H24O3. The van der Waals surface area contributed by atoms with Crippen LogP contribution in [0.25, 0.3) is 0 Å². The molecule has 0 aromatic heterocycles. The van der Waals surface area contributed by atoms with Crippen LogP contribution in [0.15, 0.2) is 24.3 Å². The Morgan fingerprint density at radius 1 is 1.16 bits per heavy atom. The minimum atomic E-state index is -0.221. The van der Waals surface area contributed by atoms with E-state index in [9.17, 15) is 4.79 Å². The number of hydrogen-bond donors (Lipinski definition) is 0. The Hall–Kier alpha value is -1.51. The number of hydrogen-bond acceptors (Lipinski definition) is 3. The topological polar surface area (TPSA) is 35.5 Å². The summed E-state index contributed by atoms with van der Waals surface area (Å²) in [6, 6.07) is 8.12. The Bertz CT molecular complexity index is 383. The molecule has 19 heavy (non-hydrogen) atoms. The third-order valence-electron chi connectivity index (χ3n) is 3.17. The van der Waals surface area contributed by atoms with Gasteiger partial charge in [0.15, 0.2) is 0 Å². The van der Waals surface area contributed by atoms with Gasteiger partial charge >= 0.3 is 5.97 Å². The third-order valence-corrected chi connectivity index (χ3v) is 3.17. The Morgan fingerprint density at radius 2 is 1.79 bits per heavy atom. The van der Waals surface area contributed by atoms with Gasteiger partial charge in [0.05, 0.1) is 0 Å². The molecule has 0 unspecified atom stereocenters. The van der Waals surface area contributed by atoms with Gasteiger partial charge in [-0.15, -0.1) is 0 Å². The highest BCUT2D eigenvalue weighted by Gasteiger charge is 2.08. The second-order valence-corrected chi connectivity index (χ2v) is 4.84. The largest absolute Gasteiger partial charge is 0.490 e. The summed E-state index contributed by atoms with van der Waals surface area (Å²) in [5, 5.41) is 0. The molecule has 3 heteroatoms. The van der Waals surface area contributed by atoms with Crippen LogP contribution in [0.4, 0.5) is 0 Å². The second kappa shape index (κ2) is 7.82. The lowest BCUT2D eigenvalue weighted by Gasteiger charge is -2.15. The van der Waals surface area contributed by atoms with Crippen molar-refractivity contribution in [1.29, 1.82) is 0 Å². The van der Waals surface area contributed by atoms with Gasteiger partial charge in [-0.05, 0) is 37.0 Å². The minimum absolute atomic E-state index is 0.191. The Balaban J connectivity index is 2.43. The van der Waals surface area contributed by atoms with E-state index in [1.165, 1.54) is 5.56 Å². The fraction of sp³-hybridized carbons (Fsp3) is 0.562. The minimum Gasteiger partial charge on any atom is -0.490 e. The van der Waals surface area contributed by atoms with Gasteiger partial charge in [-0.3, -0.25) is 4.79 Å². The highest BCUT2D eigenvalue weighted by atomic mass is 16.6. The van der Waals surface area contributed by atoms with Crippen molar-refractivity contribution in [3.63, 3.8) is 0 Å². The second-order valence-electron chi connectivity index (χ2n) is 4.84. The molecule has 1 rings (SSSR count). The summed E-state index contributed by atoms with van der Waals surface area (Å²) in [7, 11) is 0. The van der Waals surface area contributed by atoms with E-state index >= 15 is 0 Å². The molecule has 3 nitrogen and oxygen atoms in total. The maximum atomic E-state index is 11.1. The highest BCUT2D eigenvalue weighted by molar-refractivity contribution is 5.69. The molecule has 1 aromatic rings. The highest BCUT2D eigenvalue weighted by Crippen LogP contribution is 2.21. The van der Waals surface area contributed by atoms with Gasteiger partial charge in [0.2, 0.25) is 0 Å². The van der Waals surface area contributed by atoms with Crippen LogP contribution in [0, 0.1) is 0 Å². The molecule has 1 aromatic carbocycles. The van der Waals surface area contributed by atoms with Gasteiger partial charge in [-0.1, -0.05) is 32.9 Å². The average molecular weight is 264 g/mol. The van der Waals surface area contributed by atoms with Crippen molar-refractivity contribution in [2.24, 2.45) is 0 Å². The molecular weight excluding hydrogens is 240 g/mol. The zero-order valence-electron chi connectivity index (χ0n) is 12.3. The van der Waals surface area contributed by atoms with Crippen molar-refractivity contribution in [2.45, 2.75) is 52.6 Å². The average Bonchev–Trinajstić information content (AvgIpc) is 2.44. The van der Waals surface area contributed by atoms with Crippen molar-refractivity contribution < 1.29 is 14.3 Å². The molecule has 2 atom stereocenters. The fourth-order valence-electron chi connectivity index (χ4n) is 1.68. The van der Waals surface area contributed by atoms with E-state index in [1.807, 2.05) is 19.1 Å². The number of carbonyl (C=O) groups excluding carboxylic acids is 1. The number of benzene rings is 1. The van der Waals surface area contributed by atoms with Crippen LogP contribution < -0.4 is 4.74 Å². The Morgan fingerprint density at radius 3 is 2.32 bits per heavy atom. The lowest BCUT2D eigenvalue weighted by molar-refractivity contribution is -0.149. The Labute approximate surface area is 115 Å². The molecule has 0 fully saturated rings. The predicted molar refractivity (Wildman–Crippen MR) is 76.5 cm³/mol. The van der Waals surface area contributed by atoms with Gasteiger partial charge in [0.25, 0.3) is 0 Å². The summed E-state index contributed by atoms with van der Waals surface area (Å²) in [4.78, 5) is 11.1. The molecule has 0 aliphatic carbocycles. The van der Waals surface area contributed by atoms with E-state index in [2.05, 4.69) is 26.0 Å². The third kappa shape index (κ3) is 5.33. The number of esters is 1. The van der Waals surface area contributed by atoms with Crippen molar-refractivity contribution in [3.8, 4) is 5.75 Å². The van der Waals surface area contributed by atoms with E-state index in [0.29, 0.717) is 18.9 Å². The number of rotatable bonds is 7. The summed E-state index contributed by atoms with van der Waals surface area (Å²) in [6.07, 6.45) is 1.31. The zero-order chi connectivity index (χ0) is 14.3. The molecule has 0 amide bonds. The maximum absolute atomic E-state index is 11.1. The van der Waals surface area contributed by atoms with Crippen molar-refractivity contribution in [3.05, 3.63) is 29.8 Å². The SMILES string of the molecule is CCC(=O)O[C@H](C)COc1ccc([C@H](C)CC)cc1. The first kappa shape index (κ1) is 15.5. The van der Waals surface area contributed by atoms with Gasteiger partial charge in [0.1, 0.15) is 18.5 Å². The first-order valence-corrected chi connectivity index (χ1v) is 6.99. The van der Waals surface area contributed by atoms with Crippen LogP contribution in [0.5, 0.6) is 5.75 Å². The summed E-state index contributed by atoms with van der Waals surface area (Å²) in [6.45, 7) is 8.39. The maximum Gasteiger partial charge on any atom is 0.305 e. The predicted octanol–water partition coefficient (Wildman–Crippen LogP) is 3.92. The molecule has 0 saturated carbocycles. The van der Waals surface area contributed by atoms with Crippen LogP contribution in [-0.4, -0.2) is 18.7 Å². The van der Waals surface area contributed by atoms with E-state index in [1.54, 1.807) is 6.92 Å². The van der Waals surface area contributed by atoms with Gasteiger partial charge in [-0.2, -0.15) is 0 Å². The van der Waals surface area contributed by atoms with E-state index < -0.39 is 0 Å². The zero-order valence-corrected chi connectivity index (χ0v) is 12.3. The molecule has 0 bridgehead atoms. The van der Waals surface area contributed by atoms with Crippen LogP contribution in [0.3, 0.4) is 0 Å². The lowest BCUT2D eigenvalue weighted by Crippen LogP contribution is -2.21. The van der Waals surface area contributed by atoms with Crippen LogP contribution in [0.1, 0.15) is 52.0 Å². The van der Waals surface area contributed by atoms with Crippen LogP contribution in [0.2, 0.25) is 0 Å². The summed E-state index contributed by atoms with van der Waals surface area (Å²) in [5.74, 6) is 1.19. The molecule has 0 saturated heterocycles. The van der Waals surface area contributed by atoms with Gasteiger partial charge in [-0.25, -0.2) is 0 Å². The monoisotopic (exact) mass is 264 g/mol. The van der Waals surface area contributed by atoms with Crippen molar-refractivity contribution >= 4 is 5.97 Å². The molecule has 0 N–H and O–H groups in total. The van der Waals surface area contributed by atoms with Gasteiger partial charge in [0, 0.05) is 6.42 Å². The molecule has 0 heterocycles. The summed E-state index contributed by atoms with van der Waals surface area (Å²) >= 11 is 0. The first-order valence-electron chi connectivity index (χ1n) is 6.99. The molecule has 0 radical (unpaired) electrons. The summed E-state index contributed by atoms with van der Waals surface area (Å²) in [5.41, 5.74) is 1.32. The number of ether oxygens (including phenoxy) is 2. The molecule has 0 spiro atoms. The van der Waals surface area contributed by atoms with E-state index in [-0.39, 0.29) is 12.1 Å². The summed E-state index contributed by atoms with van der Waals surface area (Å²) < 4.78 is 10.7. The van der Waals surface area contributed by atoms with E-state index in [4.69, 9.17) is 9.47 Å². The molecule has 0 aliphatic heterocycles. The van der Waals surface area contributed by atoms with E-state index in [0.717, 1.165) is 12.2 Å². The fourth-order valence-corrected chi connectivity index (χ4v) is 1.68. The smallest absolute Gasteiger partial charge is 0.305 e. The number of carbonyl (C=O) groups is 1. The van der Waals surface area contributed by atoms with Crippen molar-refractivity contribution in [2.75, 3.05) is 6.61 Å². The lowest BCUT2D eigenvalue weighted by atomic mass is 9.99. The Kier molecular flexibility index (Phi) is 6.40. The first-order chi connectivity index (χ1) is 9.06. The normalized spacial score (nSPS) is 13.7. The van der Waals surface area contributed by atoms with Crippen LogP contribution >= 0.6 is 0 Å². The van der Waals surface area contributed by atoms with Crippen LogP contribution in [-0.2, 0) is 9.53 Å².